The van der Waals surface area contributed by atoms with Gasteiger partial charge in [0.2, 0.25) is 5.91 Å². The number of carbonyl (C=O) groups is 2. The molecule has 0 aliphatic carbocycles. The van der Waals surface area contributed by atoms with Crippen molar-refractivity contribution in [3.05, 3.63) is 59.2 Å². The van der Waals surface area contributed by atoms with Crippen LogP contribution in [0.3, 0.4) is 0 Å². The molecule has 1 aromatic heterocycles. The van der Waals surface area contributed by atoms with E-state index >= 15 is 0 Å². The molecule has 0 spiro atoms. The van der Waals surface area contributed by atoms with Gasteiger partial charge in [-0.05, 0) is 66.6 Å². The first-order valence-corrected chi connectivity index (χ1v) is 9.67. The number of anilines is 2. The largest absolute Gasteiger partial charge is 0.318 e. The number of hydrogen-bond donors (Lipinski definition) is 1. The van der Waals surface area contributed by atoms with Gasteiger partial charge in [-0.25, -0.2) is 9.40 Å². The van der Waals surface area contributed by atoms with E-state index in [0.29, 0.717) is 17.2 Å². The summed E-state index contributed by atoms with van der Waals surface area (Å²) in [4.78, 5) is 25.3. The molecule has 2 aromatic carbocycles. The van der Waals surface area contributed by atoms with E-state index in [4.69, 9.17) is 0 Å². The first kappa shape index (κ1) is 20.3. The molecule has 1 aliphatic rings. The monoisotopic (exact) mass is 421 g/mol. The number of aryl methyl sites for hydroxylation is 3. The molecule has 158 valence electrons. The average Bonchev–Trinajstić information content (AvgIpc) is 3.17. The quantitative estimate of drug-likeness (QED) is 0.697. The van der Waals surface area contributed by atoms with Crippen LogP contribution in [0.5, 0.6) is 0 Å². The number of nitrogens with one attached hydrogen (secondary N) is 1. The van der Waals surface area contributed by atoms with Gasteiger partial charge in [-0.3, -0.25) is 9.59 Å². The average molecular weight is 421 g/mol. The van der Waals surface area contributed by atoms with Gasteiger partial charge in [0, 0.05) is 12.8 Å². The number of hydrazone groups is 1. The molecule has 4 rings (SSSR count). The highest BCUT2D eigenvalue weighted by Gasteiger charge is 2.27. The Morgan fingerprint density at radius 1 is 1.10 bits per heavy atom. The first-order chi connectivity index (χ1) is 14.8. The first-order valence-electron chi connectivity index (χ1n) is 9.67. The smallest absolute Gasteiger partial charge is 0.271 e. The minimum Gasteiger partial charge on any atom is -0.318 e. The van der Waals surface area contributed by atoms with Crippen LogP contribution >= 0.6 is 0 Å². The number of benzene rings is 2. The fraction of sp³-hybridized carbons (Fsp3) is 0.238. The molecule has 2 heterocycles. The maximum absolute atomic E-state index is 14.4. The number of rotatable bonds is 4. The van der Waals surface area contributed by atoms with E-state index in [2.05, 4.69) is 25.9 Å². The molecule has 0 radical (unpaired) electrons. The van der Waals surface area contributed by atoms with E-state index in [-0.39, 0.29) is 30.1 Å². The van der Waals surface area contributed by atoms with Crippen molar-refractivity contribution in [1.29, 1.82) is 0 Å². The van der Waals surface area contributed by atoms with E-state index in [1.54, 1.807) is 6.92 Å². The summed E-state index contributed by atoms with van der Waals surface area (Å²) >= 11 is 0. The molecule has 10 heteroatoms. The summed E-state index contributed by atoms with van der Waals surface area (Å²) in [7, 11) is 0. The van der Waals surface area contributed by atoms with Crippen molar-refractivity contribution in [3.63, 3.8) is 0 Å². The highest BCUT2D eigenvalue weighted by molar-refractivity contribution is 6.44. The summed E-state index contributed by atoms with van der Waals surface area (Å²) < 4.78 is 15.8. The summed E-state index contributed by atoms with van der Waals surface area (Å²) in [5.41, 5.74) is 3.06. The third-order valence-corrected chi connectivity index (χ3v) is 4.96. The molecule has 3 aromatic rings. The fourth-order valence-electron chi connectivity index (χ4n) is 3.26. The second-order valence-electron chi connectivity index (χ2n) is 7.30. The summed E-state index contributed by atoms with van der Waals surface area (Å²) in [5.74, 6) is -0.871. The Hall–Kier alpha value is -3.95. The lowest BCUT2D eigenvalue weighted by atomic mass is 10.1. The Morgan fingerprint density at radius 2 is 1.90 bits per heavy atom. The third-order valence-electron chi connectivity index (χ3n) is 4.96. The Kier molecular flexibility index (Phi) is 5.28. The van der Waals surface area contributed by atoms with Crippen molar-refractivity contribution < 1.29 is 14.0 Å². The lowest BCUT2D eigenvalue weighted by Gasteiger charge is -2.25. The molecule has 0 fully saturated rings. The van der Waals surface area contributed by atoms with Crippen LogP contribution in [-0.2, 0) is 9.59 Å². The van der Waals surface area contributed by atoms with Gasteiger partial charge in [-0.1, -0.05) is 12.1 Å². The van der Waals surface area contributed by atoms with Crippen molar-refractivity contribution in [2.75, 3.05) is 10.3 Å². The molecular weight excluding hydrogens is 401 g/mol. The zero-order valence-corrected chi connectivity index (χ0v) is 17.3. The molecule has 0 atom stereocenters. The number of aromatic nitrogens is 4. The van der Waals surface area contributed by atoms with Gasteiger partial charge in [0.15, 0.2) is 5.82 Å². The highest BCUT2D eigenvalue weighted by Crippen LogP contribution is 2.26. The molecule has 1 aliphatic heterocycles. The van der Waals surface area contributed by atoms with E-state index in [0.717, 1.165) is 11.1 Å². The van der Waals surface area contributed by atoms with Crippen LogP contribution in [-0.4, -0.2) is 37.7 Å². The number of hydrogen-bond acceptors (Lipinski definition) is 6. The van der Waals surface area contributed by atoms with Gasteiger partial charge >= 0.3 is 0 Å². The molecular formula is C21H20FN7O2. The summed E-state index contributed by atoms with van der Waals surface area (Å²) in [6, 6.07) is 9.84. The number of tetrazole rings is 1. The topological polar surface area (TPSA) is 105 Å². The number of nitrogens with zero attached hydrogens (tertiary/aromatic N) is 6. The second-order valence-corrected chi connectivity index (χ2v) is 7.30. The summed E-state index contributed by atoms with van der Waals surface area (Å²) in [6.45, 7) is 5.49. The Balaban J connectivity index is 1.62. The SMILES string of the molecule is Cc1ccc(C)c(N2N=C(C(=O)Nc3cc(-n4nnnc4C)ccc3F)CCC2=O)c1. The summed E-state index contributed by atoms with van der Waals surface area (Å²) in [6.07, 6.45) is 0.297. The normalized spacial score (nSPS) is 13.9. The minimum atomic E-state index is -0.610. The van der Waals surface area contributed by atoms with Gasteiger partial charge in [0.1, 0.15) is 11.5 Å². The fourth-order valence-corrected chi connectivity index (χ4v) is 3.26. The zero-order valence-electron chi connectivity index (χ0n) is 17.3. The van der Waals surface area contributed by atoms with Crippen molar-refractivity contribution in [1.82, 2.24) is 20.2 Å². The van der Waals surface area contributed by atoms with Crippen LogP contribution in [0.4, 0.5) is 15.8 Å². The highest BCUT2D eigenvalue weighted by atomic mass is 19.1. The molecule has 0 saturated carbocycles. The van der Waals surface area contributed by atoms with E-state index in [9.17, 15) is 14.0 Å². The lowest BCUT2D eigenvalue weighted by Crippen LogP contribution is -2.36. The second kappa shape index (κ2) is 8.05. The van der Waals surface area contributed by atoms with Crippen LogP contribution in [0.2, 0.25) is 0 Å². The van der Waals surface area contributed by atoms with Crippen molar-refractivity contribution in [3.8, 4) is 5.69 Å². The molecule has 0 bridgehead atoms. The van der Waals surface area contributed by atoms with Crippen LogP contribution in [0.25, 0.3) is 5.69 Å². The number of amides is 2. The van der Waals surface area contributed by atoms with Gasteiger partial charge in [-0.15, -0.1) is 5.10 Å². The van der Waals surface area contributed by atoms with Crippen molar-refractivity contribution in [2.24, 2.45) is 5.10 Å². The minimum absolute atomic E-state index is 0.0321. The predicted octanol–water partition coefficient (Wildman–Crippen LogP) is 2.85. The Bertz CT molecular complexity index is 1220. The molecule has 0 saturated heterocycles. The van der Waals surface area contributed by atoms with Crippen molar-refractivity contribution in [2.45, 2.75) is 33.6 Å². The molecule has 2 amide bonds. The van der Waals surface area contributed by atoms with Gasteiger partial charge in [0.25, 0.3) is 5.91 Å². The van der Waals surface area contributed by atoms with Crippen molar-refractivity contribution >= 4 is 28.9 Å². The predicted molar refractivity (Wildman–Crippen MR) is 113 cm³/mol. The van der Waals surface area contributed by atoms with E-state index < -0.39 is 11.7 Å². The molecule has 1 N–H and O–H groups in total. The van der Waals surface area contributed by atoms with Crippen LogP contribution in [0.15, 0.2) is 41.5 Å². The molecule has 31 heavy (non-hydrogen) atoms. The van der Waals surface area contributed by atoms with Crippen LogP contribution in [0, 0.1) is 26.6 Å². The number of carbonyl (C=O) groups excluding carboxylic acids is 2. The van der Waals surface area contributed by atoms with Gasteiger partial charge < -0.3 is 5.32 Å². The van der Waals surface area contributed by atoms with Gasteiger partial charge in [-0.2, -0.15) is 9.78 Å². The zero-order chi connectivity index (χ0) is 22.1. The third kappa shape index (κ3) is 4.04. The summed E-state index contributed by atoms with van der Waals surface area (Å²) in [5, 5.41) is 19.3. The van der Waals surface area contributed by atoms with E-state index in [1.165, 1.54) is 27.9 Å². The van der Waals surface area contributed by atoms with Crippen LogP contribution in [0.1, 0.15) is 29.8 Å². The van der Waals surface area contributed by atoms with Gasteiger partial charge in [0.05, 0.1) is 17.1 Å². The Labute approximate surface area is 177 Å². The lowest BCUT2D eigenvalue weighted by molar-refractivity contribution is -0.118. The van der Waals surface area contributed by atoms with E-state index in [1.807, 2.05) is 32.0 Å². The van der Waals surface area contributed by atoms with Crippen LogP contribution < -0.4 is 10.3 Å². The Morgan fingerprint density at radius 3 is 2.65 bits per heavy atom. The molecule has 0 unspecified atom stereocenters. The number of halogens is 1. The maximum atomic E-state index is 14.4. The molecule has 9 nitrogen and oxygen atoms in total. The standard InChI is InChI=1S/C21H20FN7O2/c1-12-4-5-13(2)19(10-12)29-20(30)9-8-17(25-29)21(31)23-18-11-15(6-7-16(18)22)28-14(3)24-26-27-28/h4-7,10-11H,8-9H2,1-3H3,(H,23,31). The maximum Gasteiger partial charge on any atom is 0.271 e.